The number of hydrogen-bond donors (Lipinski definition) is 3. The van der Waals surface area contributed by atoms with E-state index in [-0.39, 0.29) is 13.0 Å². The zero-order chi connectivity index (χ0) is 14.3. The number of carbonyl (C=O) groups is 3. The Balaban J connectivity index is 4.03. The lowest BCUT2D eigenvalue weighted by Crippen LogP contribution is -2.42. The van der Waals surface area contributed by atoms with Crippen LogP contribution in [-0.4, -0.2) is 41.3 Å². The molecule has 0 aliphatic heterocycles. The number of amides is 2. The van der Waals surface area contributed by atoms with Crippen LogP contribution in [0.3, 0.4) is 0 Å². The first-order valence-electron chi connectivity index (χ1n) is 5.58. The van der Waals surface area contributed by atoms with Gasteiger partial charge in [-0.05, 0) is 27.2 Å². The molecule has 0 aromatic carbocycles. The Labute approximate surface area is 106 Å². The molecule has 104 valence electrons. The molecular weight excluding hydrogens is 240 g/mol. The van der Waals surface area contributed by atoms with Crippen molar-refractivity contribution in [3.8, 4) is 0 Å². The van der Waals surface area contributed by atoms with Gasteiger partial charge < -0.3 is 20.5 Å². The van der Waals surface area contributed by atoms with Crippen molar-refractivity contribution >= 4 is 18.0 Å². The molecule has 1 unspecified atom stereocenters. The molecule has 0 aliphatic rings. The Morgan fingerprint density at radius 2 is 1.83 bits per heavy atom. The fraction of sp³-hybridized carbons (Fsp3) is 0.727. The maximum absolute atomic E-state index is 11.3. The van der Waals surface area contributed by atoms with Crippen LogP contribution in [-0.2, 0) is 14.3 Å². The van der Waals surface area contributed by atoms with Gasteiger partial charge >= 0.3 is 12.1 Å². The minimum atomic E-state index is -1.14. The van der Waals surface area contributed by atoms with Crippen LogP contribution in [0, 0.1) is 0 Å². The highest BCUT2D eigenvalue weighted by Gasteiger charge is 2.19. The Kier molecular flexibility index (Phi) is 6.15. The largest absolute Gasteiger partial charge is 0.480 e. The second-order valence-corrected chi connectivity index (χ2v) is 4.81. The van der Waals surface area contributed by atoms with Crippen LogP contribution in [0.5, 0.6) is 0 Å². The average molecular weight is 260 g/mol. The number of hydrogen-bond acceptors (Lipinski definition) is 4. The molecule has 3 N–H and O–H groups in total. The molecule has 0 saturated heterocycles. The van der Waals surface area contributed by atoms with Gasteiger partial charge in [0, 0.05) is 13.5 Å². The van der Waals surface area contributed by atoms with Crippen LogP contribution in [0.1, 0.15) is 34.1 Å². The topological polar surface area (TPSA) is 105 Å². The molecule has 7 nitrogen and oxygen atoms in total. The van der Waals surface area contributed by atoms with E-state index in [4.69, 9.17) is 9.84 Å². The molecule has 0 radical (unpaired) electrons. The van der Waals surface area contributed by atoms with Gasteiger partial charge in [0.05, 0.1) is 0 Å². The van der Waals surface area contributed by atoms with E-state index in [1.165, 1.54) is 6.92 Å². The smallest absolute Gasteiger partial charge is 0.407 e. The molecule has 7 heteroatoms. The van der Waals surface area contributed by atoms with Crippen LogP contribution in [0.25, 0.3) is 0 Å². The third-order valence-electron chi connectivity index (χ3n) is 1.78. The quantitative estimate of drug-likeness (QED) is 0.667. The van der Waals surface area contributed by atoms with Gasteiger partial charge in [-0.3, -0.25) is 4.79 Å². The van der Waals surface area contributed by atoms with E-state index in [2.05, 4.69) is 10.6 Å². The van der Waals surface area contributed by atoms with E-state index < -0.39 is 29.6 Å². The predicted octanol–water partition coefficient (Wildman–Crippen LogP) is 0.491. The number of ether oxygens (including phenoxy) is 1. The van der Waals surface area contributed by atoms with E-state index in [0.29, 0.717) is 0 Å². The van der Waals surface area contributed by atoms with Crippen molar-refractivity contribution in [2.75, 3.05) is 6.54 Å². The zero-order valence-electron chi connectivity index (χ0n) is 11.1. The number of carboxylic acids is 1. The van der Waals surface area contributed by atoms with Crippen LogP contribution in [0.15, 0.2) is 0 Å². The molecule has 0 saturated carbocycles. The number of nitrogens with one attached hydrogen (secondary N) is 2. The summed E-state index contributed by atoms with van der Waals surface area (Å²) >= 11 is 0. The Hall–Kier alpha value is -1.79. The highest BCUT2D eigenvalue weighted by atomic mass is 16.6. The molecule has 1 atom stereocenters. The normalized spacial score (nSPS) is 12.4. The fourth-order valence-electron chi connectivity index (χ4n) is 1.14. The molecule has 2 amide bonds. The van der Waals surface area contributed by atoms with E-state index in [1.54, 1.807) is 20.8 Å². The summed E-state index contributed by atoms with van der Waals surface area (Å²) in [6.45, 7) is 6.52. The van der Waals surface area contributed by atoms with Crippen molar-refractivity contribution in [1.29, 1.82) is 0 Å². The minimum absolute atomic E-state index is 0.0914. The van der Waals surface area contributed by atoms with Crippen molar-refractivity contribution < 1.29 is 24.2 Å². The lowest BCUT2D eigenvalue weighted by atomic mass is 10.2. The van der Waals surface area contributed by atoms with E-state index in [9.17, 15) is 14.4 Å². The lowest BCUT2D eigenvalue weighted by molar-refractivity contribution is -0.141. The molecule has 0 rings (SSSR count). The van der Waals surface area contributed by atoms with Crippen LogP contribution < -0.4 is 10.6 Å². The van der Waals surface area contributed by atoms with Gasteiger partial charge in [-0.25, -0.2) is 9.59 Å². The second kappa shape index (κ2) is 6.83. The number of carbonyl (C=O) groups excluding carboxylic acids is 2. The first-order valence-corrected chi connectivity index (χ1v) is 5.58. The summed E-state index contributed by atoms with van der Waals surface area (Å²) in [5.41, 5.74) is -0.603. The molecule has 0 aromatic rings. The highest BCUT2D eigenvalue weighted by Crippen LogP contribution is 2.06. The van der Waals surface area contributed by atoms with Crippen molar-refractivity contribution in [2.45, 2.75) is 45.8 Å². The summed E-state index contributed by atoms with van der Waals surface area (Å²) in [7, 11) is 0. The van der Waals surface area contributed by atoms with Crippen LogP contribution in [0.4, 0.5) is 4.79 Å². The van der Waals surface area contributed by atoms with Crippen LogP contribution >= 0.6 is 0 Å². The zero-order valence-corrected chi connectivity index (χ0v) is 11.1. The summed E-state index contributed by atoms with van der Waals surface area (Å²) in [4.78, 5) is 32.8. The lowest BCUT2D eigenvalue weighted by Gasteiger charge is -2.20. The van der Waals surface area contributed by atoms with E-state index >= 15 is 0 Å². The van der Waals surface area contributed by atoms with Crippen molar-refractivity contribution in [2.24, 2.45) is 0 Å². The molecule has 0 fully saturated rings. The minimum Gasteiger partial charge on any atom is -0.480 e. The Bertz CT molecular complexity index is 322. The third kappa shape index (κ3) is 8.37. The van der Waals surface area contributed by atoms with Gasteiger partial charge in [0.25, 0.3) is 0 Å². The van der Waals surface area contributed by atoms with Gasteiger partial charge in [0.2, 0.25) is 5.91 Å². The Morgan fingerprint density at radius 1 is 1.28 bits per heavy atom. The van der Waals surface area contributed by atoms with Gasteiger partial charge in [-0.2, -0.15) is 0 Å². The number of aliphatic carboxylic acids is 1. The molecule has 0 heterocycles. The highest BCUT2D eigenvalue weighted by molar-refractivity contribution is 5.82. The number of alkyl carbamates (subject to hydrolysis) is 1. The molecule has 18 heavy (non-hydrogen) atoms. The summed E-state index contributed by atoms with van der Waals surface area (Å²) in [5.74, 6) is -1.57. The standard InChI is InChI=1S/C11H20N2O5/c1-7(14)13-8(9(15)16)5-6-12-10(17)18-11(2,3)4/h8H,5-6H2,1-4H3,(H,12,17)(H,13,14)(H,15,16). The molecule has 0 aliphatic carbocycles. The second-order valence-electron chi connectivity index (χ2n) is 4.81. The number of carboxylic acid groups (broad SMARTS) is 1. The first-order chi connectivity index (χ1) is 8.11. The van der Waals surface area contributed by atoms with Crippen LogP contribution in [0.2, 0.25) is 0 Å². The maximum Gasteiger partial charge on any atom is 0.407 e. The van der Waals surface area contributed by atoms with Gasteiger partial charge in [-0.1, -0.05) is 0 Å². The monoisotopic (exact) mass is 260 g/mol. The van der Waals surface area contributed by atoms with Crippen molar-refractivity contribution in [1.82, 2.24) is 10.6 Å². The molecule has 0 bridgehead atoms. The Morgan fingerprint density at radius 3 is 2.22 bits per heavy atom. The van der Waals surface area contributed by atoms with Gasteiger partial charge in [0.1, 0.15) is 11.6 Å². The van der Waals surface area contributed by atoms with Crippen molar-refractivity contribution in [3.63, 3.8) is 0 Å². The van der Waals surface area contributed by atoms with Gasteiger partial charge in [0.15, 0.2) is 0 Å². The summed E-state index contributed by atoms with van der Waals surface area (Å²) in [5, 5.41) is 13.5. The first kappa shape index (κ1) is 16.2. The fourth-order valence-corrected chi connectivity index (χ4v) is 1.14. The number of rotatable bonds is 5. The van der Waals surface area contributed by atoms with Crippen molar-refractivity contribution in [3.05, 3.63) is 0 Å². The van der Waals surface area contributed by atoms with Gasteiger partial charge in [-0.15, -0.1) is 0 Å². The maximum atomic E-state index is 11.3. The molecule has 0 aromatic heterocycles. The third-order valence-corrected chi connectivity index (χ3v) is 1.78. The summed E-state index contributed by atoms with van der Waals surface area (Å²) in [6, 6.07) is -1.02. The SMILES string of the molecule is CC(=O)NC(CCNC(=O)OC(C)(C)C)C(=O)O. The molecule has 0 spiro atoms. The summed E-state index contributed by atoms with van der Waals surface area (Å²) in [6.07, 6.45) is -0.525. The predicted molar refractivity (Wildman–Crippen MR) is 64.1 cm³/mol. The summed E-state index contributed by atoms with van der Waals surface area (Å²) < 4.78 is 4.98. The van der Waals surface area contributed by atoms with E-state index in [1.807, 2.05) is 0 Å². The molecular formula is C11H20N2O5. The average Bonchev–Trinajstić information content (AvgIpc) is 2.12. The van der Waals surface area contributed by atoms with E-state index in [0.717, 1.165) is 0 Å².